The van der Waals surface area contributed by atoms with Gasteiger partial charge in [0.2, 0.25) is 0 Å². The second-order valence-corrected chi connectivity index (χ2v) is 5.81. The van der Waals surface area contributed by atoms with Crippen LogP contribution in [0.1, 0.15) is 34.6 Å². The van der Waals surface area contributed by atoms with E-state index in [-0.39, 0.29) is 11.1 Å². The van der Waals surface area contributed by atoms with Gasteiger partial charge in [-0.15, -0.1) is 0 Å². The Morgan fingerprint density at radius 3 is 1.23 bits per heavy atom. The fourth-order valence-electron chi connectivity index (χ4n) is 1.86. The predicted molar refractivity (Wildman–Crippen MR) is 101 cm³/mol. The van der Waals surface area contributed by atoms with Gasteiger partial charge >= 0.3 is 24.0 Å². The van der Waals surface area contributed by atoms with Gasteiger partial charge in [0.15, 0.2) is 12.2 Å². The standard InChI is InChI=1S/C18H22N4O8/c1-9(13(23)21-17(27)19-3)29-15(25)11-5-7-12(8-6-11)16(26)30-10(2)14(24)22-18(28)20-4/h5-10H,1-4H3,(H2,19,21,23,27)(H2,20,22,24,28)/t9-,10-/m0/s1. The van der Waals surface area contributed by atoms with Gasteiger partial charge in [-0.1, -0.05) is 0 Å². The van der Waals surface area contributed by atoms with Gasteiger partial charge < -0.3 is 20.1 Å². The molecule has 6 amide bonds. The third-order valence-electron chi connectivity index (χ3n) is 3.59. The van der Waals surface area contributed by atoms with E-state index in [0.29, 0.717) is 0 Å². The Bertz CT molecular complexity index is 768. The molecule has 1 aromatic carbocycles. The zero-order valence-electron chi connectivity index (χ0n) is 16.7. The molecule has 4 N–H and O–H groups in total. The van der Waals surface area contributed by atoms with Crippen molar-refractivity contribution in [2.24, 2.45) is 0 Å². The highest BCUT2D eigenvalue weighted by Gasteiger charge is 2.22. The number of esters is 2. The molecule has 12 heteroatoms. The smallest absolute Gasteiger partial charge is 0.338 e. The average molecular weight is 422 g/mol. The van der Waals surface area contributed by atoms with Crippen molar-refractivity contribution in [3.8, 4) is 0 Å². The molecule has 1 rings (SSSR count). The molecule has 0 radical (unpaired) electrons. The molecule has 0 saturated carbocycles. The first-order chi connectivity index (χ1) is 14.1. The van der Waals surface area contributed by atoms with Crippen LogP contribution in [0, 0.1) is 0 Å². The summed E-state index contributed by atoms with van der Waals surface area (Å²) in [6, 6.07) is 3.55. The number of rotatable bonds is 6. The zero-order valence-corrected chi connectivity index (χ0v) is 16.7. The number of benzene rings is 1. The number of hydrogen-bond acceptors (Lipinski definition) is 8. The number of amides is 6. The van der Waals surface area contributed by atoms with Crippen LogP contribution in [-0.2, 0) is 19.1 Å². The number of carbonyl (C=O) groups is 6. The summed E-state index contributed by atoms with van der Waals surface area (Å²) in [7, 11) is 2.64. The highest BCUT2D eigenvalue weighted by Crippen LogP contribution is 2.10. The lowest BCUT2D eigenvalue weighted by Crippen LogP contribution is -2.43. The molecule has 0 aromatic heterocycles. The van der Waals surface area contributed by atoms with Crippen LogP contribution in [0.2, 0.25) is 0 Å². The highest BCUT2D eigenvalue weighted by molar-refractivity contribution is 6.00. The van der Waals surface area contributed by atoms with Crippen molar-refractivity contribution < 1.29 is 38.2 Å². The molecule has 0 saturated heterocycles. The van der Waals surface area contributed by atoms with Crippen molar-refractivity contribution in [1.82, 2.24) is 21.3 Å². The van der Waals surface area contributed by atoms with E-state index in [9.17, 15) is 28.8 Å². The number of ether oxygens (including phenoxy) is 2. The SMILES string of the molecule is CNC(=O)NC(=O)[C@H](C)OC(=O)c1ccc(C(=O)O[C@@H](C)C(=O)NC(=O)NC)cc1. The topological polar surface area (TPSA) is 169 Å². The summed E-state index contributed by atoms with van der Waals surface area (Å²) >= 11 is 0. The lowest BCUT2D eigenvalue weighted by Gasteiger charge is -2.14. The van der Waals surface area contributed by atoms with Crippen LogP contribution in [0.25, 0.3) is 0 Å². The predicted octanol–water partition coefficient (Wildman–Crippen LogP) is -0.312. The van der Waals surface area contributed by atoms with Crippen molar-refractivity contribution in [2.45, 2.75) is 26.1 Å². The summed E-state index contributed by atoms with van der Waals surface area (Å²) in [6.45, 7) is 2.57. The van der Waals surface area contributed by atoms with E-state index in [0.717, 1.165) is 0 Å². The second-order valence-electron chi connectivity index (χ2n) is 5.81. The van der Waals surface area contributed by atoms with E-state index in [1.807, 2.05) is 10.6 Å². The van der Waals surface area contributed by atoms with Gasteiger partial charge in [-0.3, -0.25) is 20.2 Å². The van der Waals surface area contributed by atoms with Gasteiger partial charge in [0.1, 0.15) is 0 Å². The van der Waals surface area contributed by atoms with Crippen LogP contribution in [0.3, 0.4) is 0 Å². The van der Waals surface area contributed by atoms with Gasteiger partial charge in [-0.2, -0.15) is 0 Å². The summed E-state index contributed by atoms with van der Waals surface area (Å²) in [6.07, 6.45) is -2.47. The molecule has 2 atom stereocenters. The van der Waals surface area contributed by atoms with Crippen molar-refractivity contribution in [3.63, 3.8) is 0 Å². The maximum absolute atomic E-state index is 12.1. The molecule has 1 aromatic rings. The monoisotopic (exact) mass is 422 g/mol. The number of imide groups is 2. The van der Waals surface area contributed by atoms with Crippen molar-refractivity contribution in [3.05, 3.63) is 35.4 Å². The maximum Gasteiger partial charge on any atom is 0.338 e. The third kappa shape index (κ3) is 7.22. The Balaban J connectivity index is 2.67. The van der Waals surface area contributed by atoms with Crippen LogP contribution in [-0.4, -0.2) is 62.1 Å². The molecule has 0 aliphatic rings. The summed E-state index contributed by atoms with van der Waals surface area (Å²) in [5.41, 5.74) is 0.0769. The Morgan fingerprint density at radius 1 is 0.667 bits per heavy atom. The molecule has 0 heterocycles. The van der Waals surface area contributed by atoms with Gasteiger partial charge in [0, 0.05) is 14.1 Å². The Morgan fingerprint density at radius 2 is 0.967 bits per heavy atom. The zero-order chi connectivity index (χ0) is 22.8. The van der Waals surface area contributed by atoms with Crippen molar-refractivity contribution in [1.29, 1.82) is 0 Å². The van der Waals surface area contributed by atoms with Gasteiger partial charge in [0.05, 0.1) is 11.1 Å². The van der Waals surface area contributed by atoms with Gasteiger partial charge in [-0.25, -0.2) is 19.2 Å². The second kappa shape index (κ2) is 11.1. The fourth-order valence-corrected chi connectivity index (χ4v) is 1.86. The number of hydrogen-bond donors (Lipinski definition) is 4. The van der Waals surface area contributed by atoms with Crippen LogP contribution < -0.4 is 21.3 Å². The van der Waals surface area contributed by atoms with Gasteiger partial charge in [-0.05, 0) is 38.1 Å². The molecule has 0 fully saturated rings. The largest absolute Gasteiger partial charge is 0.449 e. The fraction of sp³-hybridized carbons (Fsp3) is 0.333. The highest BCUT2D eigenvalue weighted by atomic mass is 16.6. The van der Waals surface area contributed by atoms with E-state index in [2.05, 4.69) is 10.6 Å². The summed E-state index contributed by atoms with van der Waals surface area (Å²) < 4.78 is 9.90. The summed E-state index contributed by atoms with van der Waals surface area (Å²) in [5.74, 6) is -3.33. The van der Waals surface area contributed by atoms with Crippen LogP contribution in [0.5, 0.6) is 0 Å². The minimum atomic E-state index is -1.24. The van der Waals surface area contributed by atoms with E-state index in [1.54, 1.807) is 0 Å². The number of nitrogens with one attached hydrogen (secondary N) is 4. The molecule has 30 heavy (non-hydrogen) atoms. The minimum absolute atomic E-state index is 0.0385. The molecular formula is C18H22N4O8. The molecule has 12 nitrogen and oxygen atoms in total. The Hall–Kier alpha value is -3.96. The lowest BCUT2D eigenvalue weighted by molar-refractivity contribution is -0.128. The van der Waals surface area contributed by atoms with Crippen LogP contribution >= 0.6 is 0 Å². The summed E-state index contributed by atoms with van der Waals surface area (Å²) in [4.78, 5) is 69.8. The van der Waals surface area contributed by atoms with E-state index in [1.165, 1.54) is 52.2 Å². The lowest BCUT2D eigenvalue weighted by atomic mass is 10.1. The van der Waals surface area contributed by atoms with Crippen LogP contribution in [0.4, 0.5) is 9.59 Å². The van der Waals surface area contributed by atoms with E-state index < -0.39 is 48.0 Å². The first-order valence-electron chi connectivity index (χ1n) is 8.66. The molecule has 0 aliphatic heterocycles. The molecule has 0 spiro atoms. The van der Waals surface area contributed by atoms with Gasteiger partial charge in [0.25, 0.3) is 11.8 Å². The molecular weight excluding hydrogens is 400 g/mol. The summed E-state index contributed by atoms with van der Waals surface area (Å²) in [5, 5.41) is 8.31. The quantitative estimate of drug-likeness (QED) is 0.452. The third-order valence-corrected chi connectivity index (χ3v) is 3.59. The Kier molecular flexibility index (Phi) is 8.94. The van der Waals surface area contributed by atoms with E-state index >= 15 is 0 Å². The first-order valence-corrected chi connectivity index (χ1v) is 8.66. The van der Waals surface area contributed by atoms with Crippen LogP contribution in [0.15, 0.2) is 24.3 Å². The molecule has 0 unspecified atom stereocenters. The first kappa shape index (κ1) is 24.1. The molecule has 162 valence electrons. The average Bonchev–Trinajstić information content (AvgIpc) is 2.73. The van der Waals surface area contributed by atoms with Crippen molar-refractivity contribution in [2.75, 3.05) is 14.1 Å². The minimum Gasteiger partial charge on any atom is -0.449 e. The molecule has 0 bridgehead atoms. The molecule has 0 aliphatic carbocycles. The van der Waals surface area contributed by atoms with E-state index in [4.69, 9.17) is 9.47 Å². The number of carbonyl (C=O) groups excluding carboxylic acids is 6. The number of urea groups is 2. The normalized spacial score (nSPS) is 11.9. The maximum atomic E-state index is 12.1. The van der Waals surface area contributed by atoms with Crippen molar-refractivity contribution >= 4 is 35.8 Å². The Labute approximate surface area is 171 Å².